The number of benzene rings is 5. The quantitative estimate of drug-likeness (QED) is 0.127. The third-order valence-electron chi connectivity index (χ3n) is 10.1. The maximum absolute atomic E-state index is 8.02. The van der Waals surface area contributed by atoms with E-state index >= 15 is 0 Å². The molecule has 0 amide bonds. The van der Waals surface area contributed by atoms with Crippen LogP contribution in [0.15, 0.2) is 136 Å². The number of imidazole rings is 1. The number of aromatic nitrogens is 4. The van der Waals surface area contributed by atoms with Crippen LogP contribution < -0.4 is 4.40 Å². The minimum Gasteiger partial charge on any atom is 0 e. The van der Waals surface area contributed by atoms with E-state index in [0.29, 0.717) is 5.71 Å². The van der Waals surface area contributed by atoms with E-state index in [-0.39, 0.29) is 20.1 Å². The Hall–Kier alpha value is -5.34. The Morgan fingerprint density at radius 2 is 1.52 bits per heavy atom. The van der Waals surface area contributed by atoms with Gasteiger partial charge in [-0.05, 0) is 43.3 Å². The Morgan fingerprint density at radius 3 is 2.29 bits per heavy atom. The third kappa shape index (κ3) is 6.78. The van der Waals surface area contributed by atoms with Crippen molar-refractivity contribution in [3.05, 3.63) is 151 Å². The standard InChI is InChI=1S/C31H18N3O2.C17H22GeN.Ir/c1-18-16-17-22-21-9-6-11-23(28(21)36-31(22)32-18)30-33-24-12-3-4-13-25(24)34(30)26-14-7-10-20-19-8-2-5-15-27(19)35-29(20)26;1-13(2)14-6-8-15(9-7-14)17-11-10-16(12-19-17)18(3,4)5;/h2-10,12-17H,1H3;6-8,10-13H,1-5H3;/q2*-1;/i;13D;. The summed E-state index contributed by atoms with van der Waals surface area (Å²) in [6.07, 6.45) is 2.02. The van der Waals surface area contributed by atoms with Crippen LogP contribution in [0.1, 0.15) is 32.4 Å². The molecule has 0 aliphatic carbocycles. The molecule has 0 spiro atoms. The molecular weight excluding hydrogens is 929 g/mol. The first-order valence-electron chi connectivity index (χ1n) is 19.0. The van der Waals surface area contributed by atoms with E-state index in [4.69, 9.17) is 15.2 Å². The summed E-state index contributed by atoms with van der Waals surface area (Å²) in [5.41, 5.74) is 10.4. The van der Waals surface area contributed by atoms with Gasteiger partial charge in [-0.2, -0.15) is 0 Å². The first-order valence-corrected chi connectivity index (χ1v) is 25.9. The fourth-order valence-corrected chi connectivity index (χ4v) is 9.29. The maximum Gasteiger partial charge on any atom is 0 e. The zero-order valence-corrected chi connectivity index (χ0v) is 36.6. The van der Waals surface area contributed by atoms with E-state index in [1.165, 1.54) is 4.40 Å². The van der Waals surface area contributed by atoms with Crippen molar-refractivity contribution in [3.8, 4) is 28.3 Å². The van der Waals surface area contributed by atoms with E-state index in [1.807, 2.05) is 99.8 Å². The minimum atomic E-state index is -1.78. The van der Waals surface area contributed by atoms with Crippen molar-refractivity contribution in [1.29, 1.82) is 0 Å². The second-order valence-electron chi connectivity index (χ2n) is 15.2. The van der Waals surface area contributed by atoms with Gasteiger partial charge in [-0.25, -0.2) is 4.98 Å². The van der Waals surface area contributed by atoms with E-state index in [2.05, 4.69) is 92.5 Å². The predicted octanol–water partition coefficient (Wildman–Crippen LogP) is 12.2. The number of pyridine rings is 2. The summed E-state index contributed by atoms with van der Waals surface area (Å²) in [7, 11) is 0. The summed E-state index contributed by atoms with van der Waals surface area (Å²) >= 11 is -1.78. The van der Waals surface area contributed by atoms with Gasteiger partial charge in [-0.15, -0.1) is 18.2 Å². The van der Waals surface area contributed by atoms with Crippen molar-refractivity contribution < 1.29 is 30.3 Å². The van der Waals surface area contributed by atoms with Crippen LogP contribution in [0.4, 0.5) is 0 Å². The van der Waals surface area contributed by atoms with Crippen LogP contribution in [0.3, 0.4) is 0 Å². The van der Waals surface area contributed by atoms with E-state index in [0.717, 1.165) is 88.9 Å². The first-order chi connectivity index (χ1) is 26.9. The molecule has 0 unspecified atom stereocenters. The SMILES string of the molecule is Cc1ccc2c(n1)oc1c(-c3nc4ccccc4n3-c3cccc4c3oc3ccccc34)[c-]ccc12.[2H]C(C)(C)c1c[c-]c(-c2cc[c]([Ge]([CH3])([CH3])[CH3])cn2)cc1.[Ir]. The largest absolute Gasteiger partial charge is 0 e. The second kappa shape index (κ2) is 15.0. The van der Waals surface area contributed by atoms with Gasteiger partial charge in [0.25, 0.3) is 0 Å². The topological polar surface area (TPSA) is 69.9 Å². The van der Waals surface area contributed by atoms with E-state index < -0.39 is 19.2 Å². The van der Waals surface area contributed by atoms with Crippen LogP contribution in [0.2, 0.25) is 17.3 Å². The molecule has 0 bridgehead atoms. The summed E-state index contributed by atoms with van der Waals surface area (Å²) in [4.78, 5) is 14.3. The number of para-hydroxylation sites is 4. The molecule has 5 aromatic carbocycles. The van der Waals surface area contributed by atoms with Gasteiger partial charge in [0, 0.05) is 42.0 Å². The minimum absolute atomic E-state index is 0. The van der Waals surface area contributed by atoms with E-state index in [9.17, 15) is 0 Å². The molecule has 8 heteroatoms. The molecule has 6 nitrogen and oxygen atoms in total. The Morgan fingerprint density at radius 1 is 0.732 bits per heavy atom. The summed E-state index contributed by atoms with van der Waals surface area (Å²) in [6.45, 7) is 5.74. The Labute approximate surface area is 343 Å². The molecule has 0 fully saturated rings. The molecular formula is C48H40GeIrN4O2-2. The van der Waals surface area contributed by atoms with Crippen molar-refractivity contribution in [2.24, 2.45) is 0 Å². The molecule has 10 rings (SSSR count). The number of nitrogens with zero attached hydrogens (tertiary/aromatic N) is 4. The second-order valence-corrected chi connectivity index (χ2v) is 25.8. The van der Waals surface area contributed by atoms with Gasteiger partial charge < -0.3 is 13.4 Å². The zero-order valence-electron chi connectivity index (χ0n) is 33.1. The van der Waals surface area contributed by atoms with Crippen molar-refractivity contribution in [1.82, 2.24) is 19.5 Å². The fraction of sp³-hybridized carbons (Fsp3) is 0.146. The average molecular weight is 971 g/mol. The van der Waals surface area contributed by atoms with Crippen LogP contribution >= 0.6 is 0 Å². The van der Waals surface area contributed by atoms with Crippen molar-refractivity contribution in [2.45, 2.75) is 43.9 Å². The molecule has 10 aromatic rings. The molecule has 5 heterocycles. The third-order valence-corrected chi connectivity index (χ3v) is 14.4. The molecule has 5 aromatic heterocycles. The molecule has 279 valence electrons. The summed E-state index contributed by atoms with van der Waals surface area (Å²) in [5.74, 6) is 7.27. The van der Waals surface area contributed by atoms with Gasteiger partial charge in [0.1, 0.15) is 5.58 Å². The number of furan rings is 2. The molecule has 0 N–H and O–H groups in total. The van der Waals surface area contributed by atoms with Crippen molar-refractivity contribution >= 4 is 72.7 Å². The number of hydrogen-bond acceptors (Lipinski definition) is 5. The Balaban J connectivity index is 0.000000186. The summed E-state index contributed by atoms with van der Waals surface area (Å²) < 4.78 is 24.3. The van der Waals surface area contributed by atoms with Gasteiger partial charge in [0.05, 0.1) is 28.1 Å². The molecule has 0 saturated carbocycles. The first kappa shape index (κ1) is 36.3. The fourth-order valence-electron chi connectivity index (χ4n) is 7.12. The van der Waals surface area contributed by atoms with Gasteiger partial charge in [-0.3, -0.25) is 4.98 Å². The number of fused-ring (bicyclic) bond motifs is 7. The van der Waals surface area contributed by atoms with E-state index in [1.54, 1.807) is 0 Å². The molecule has 0 atom stereocenters. The summed E-state index contributed by atoms with van der Waals surface area (Å²) in [5, 5.41) is 4.13. The van der Waals surface area contributed by atoms with Crippen molar-refractivity contribution in [3.63, 3.8) is 0 Å². The number of hydrogen-bond donors (Lipinski definition) is 0. The van der Waals surface area contributed by atoms with Crippen molar-refractivity contribution in [2.75, 3.05) is 0 Å². The van der Waals surface area contributed by atoms with Gasteiger partial charge in [-0.1, -0.05) is 53.4 Å². The number of rotatable bonds is 5. The van der Waals surface area contributed by atoms with Gasteiger partial charge in [0.2, 0.25) is 5.71 Å². The molecule has 0 saturated heterocycles. The van der Waals surface area contributed by atoms with Gasteiger partial charge >= 0.3 is 120 Å². The molecule has 0 aliphatic rings. The Bertz CT molecular complexity index is 3010. The smallest absolute Gasteiger partial charge is 0 e. The normalized spacial score (nSPS) is 12.2. The predicted molar refractivity (Wildman–Crippen MR) is 228 cm³/mol. The van der Waals surface area contributed by atoms with Crippen LogP contribution in [-0.4, -0.2) is 32.8 Å². The average Bonchev–Trinajstić information content (AvgIpc) is 3.89. The van der Waals surface area contributed by atoms with Crippen LogP contribution in [0.5, 0.6) is 0 Å². The molecule has 0 aliphatic heterocycles. The van der Waals surface area contributed by atoms with Crippen LogP contribution in [-0.2, 0) is 20.1 Å². The molecule has 1 radical (unpaired) electrons. The van der Waals surface area contributed by atoms with Crippen LogP contribution in [0, 0.1) is 19.1 Å². The van der Waals surface area contributed by atoms with Gasteiger partial charge in [0.15, 0.2) is 5.58 Å². The zero-order chi connectivity index (χ0) is 38.8. The maximum atomic E-state index is 8.02. The Kier molecular flexibility index (Phi) is 9.70. The van der Waals surface area contributed by atoms with Crippen LogP contribution in [0.25, 0.3) is 83.4 Å². The summed E-state index contributed by atoms with van der Waals surface area (Å²) in [6, 6.07) is 47.4. The number of aryl methyl sites for hydroxylation is 1. The monoisotopic (exact) mass is 972 g/mol. The molecule has 56 heavy (non-hydrogen) atoms.